The van der Waals surface area contributed by atoms with Crippen LogP contribution in [0.15, 0.2) is 0 Å². The lowest BCUT2D eigenvalue weighted by molar-refractivity contribution is 0.121. The third-order valence-electron chi connectivity index (χ3n) is 3.97. The Morgan fingerprint density at radius 2 is 2.08 bits per heavy atom. The molecule has 0 aromatic carbocycles. The molecular weight excluding hydrogens is 146 g/mol. The molecule has 1 saturated carbocycles. The quantitative estimate of drug-likeness (QED) is 0.580. The van der Waals surface area contributed by atoms with Crippen molar-refractivity contribution in [3.8, 4) is 0 Å². The van der Waals surface area contributed by atoms with Gasteiger partial charge in [0.1, 0.15) is 0 Å². The monoisotopic (exact) mass is 167 g/mol. The van der Waals surface area contributed by atoms with Crippen molar-refractivity contribution in [2.24, 2.45) is 11.3 Å². The Kier molecular flexibility index (Phi) is 1.95. The zero-order chi connectivity index (χ0) is 8.77. The maximum atomic E-state index is 2.66. The van der Waals surface area contributed by atoms with Crippen molar-refractivity contribution in [2.75, 3.05) is 13.1 Å². The summed E-state index contributed by atoms with van der Waals surface area (Å²) in [6.45, 7) is 9.79. The van der Waals surface area contributed by atoms with Crippen LogP contribution >= 0.6 is 0 Å². The van der Waals surface area contributed by atoms with Gasteiger partial charge in [0.2, 0.25) is 0 Å². The highest BCUT2D eigenvalue weighted by molar-refractivity contribution is 5.03. The van der Waals surface area contributed by atoms with Crippen LogP contribution in [0, 0.1) is 11.3 Å². The molecule has 70 valence electrons. The molecule has 0 bridgehead atoms. The highest BCUT2D eigenvalue weighted by Gasteiger charge is 2.52. The van der Waals surface area contributed by atoms with Crippen LogP contribution in [0.1, 0.15) is 40.0 Å². The number of piperidine rings is 1. The summed E-state index contributed by atoms with van der Waals surface area (Å²) < 4.78 is 0. The van der Waals surface area contributed by atoms with E-state index in [1.54, 1.807) is 0 Å². The van der Waals surface area contributed by atoms with Crippen LogP contribution in [0.2, 0.25) is 0 Å². The zero-order valence-electron chi connectivity index (χ0n) is 8.64. The van der Waals surface area contributed by atoms with Crippen LogP contribution in [-0.2, 0) is 0 Å². The van der Waals surface area contributed by atoms with E-state index in [9.17, 15) is 0 Å². The summed E-state index contributed by atoms with van der Waals surface area (Å²) in [7, 11) is 0. The van der Waals surface area contributed by atoms with Gasteiger partial charge >= 0.3 is 0 Å². The van der Waals surface area contributed by atoms with Gasteiger partial charge in [-0.3, -0.25) is 0 Å². The number of hydrogen-bond donors (Lipinski definition) is 0. The molecule has 2 unspecified atom stereocenters. The molecule has 2 atom stereocenters. The molecule has 0 N–H and O–H groups in total. The fourth-order valence-electron chi connectivity index (χ4n) is 2.76. The number of nitrogens with zero attached hydrogens (tertiary/aromatic N) is 1. The molecular formula is C11H21N. The lowest BCUT2D eigenvalue weighted by Gasteiger charge is -2.36. The van der Waals surface area contributed by atoms with Crippen molar-refractivity contribution in [3.05, 3.63) is 0 Å². The highest BCUT2D eigenvalue weighted by atomic mass is 15.2. The van der Waals surface area contributed by atoms with Crippen molar-refractivity contribution in [1.29, 1.82) is 0 Å². The molecule has 1 heterocycles. The molecule has 1 nitrogen and oxygen atoms in total. The fourth-order valence-corrected chi connectivity index (χ4v) is 2.76. The van der Waals surface area contributed by atoms with Crippen LogP contribution in [0.5, 0.6) is 0 Å². The summed E-state index contributed by atoms with van der Waals surface area (Å²) >= 11 is 0. The molecule has 1 aliphatic carbocycles. The SMILES string of the molecule is CC(C)N1CCCC2(CC2C)C1. The molecule has 0 amide bonds. The van der Waals surface area contributed by atoms with Gasteiger partial charge in [-0.05, 0) is 51.0 Å². The van der Waals surface area contributed by atoms with E-state index in [4.69, 9.17) is 0 Å². The van der Waals surface area contributed by atoms with Crippen LogP contribution in [0.3, 0.4) is 0 Å². The minimum atomic E-state index is 0.759. The van der Waals surface area contributed by atoms with Gasteiger partial charge in [0, 0.05) is 12.6 Å². The van der Waals surface area contributed by atoms with E-state index in [-0.39, 0.29) is 0 Å². The Hall–Kier alpha value is -0.0400. The fraction of sp³-hybridized carbons (Fsp3) is 1.00. The zero-order valence-corrected chi connectivity index (χ0v) is 8.64. The first-order valence-electron chi connectivity index (χ1n) is 5.38. The second kappa shape index (κ2) is 2.73. The average molecular weight is 167 g/mol. The maximum Gasteiger partial charge on any atom is 0.00433 e. The number of hydrogen-bond acceptors (Lipinski definition) is 1. The Labute approximate surface area is 76.1 Å². The normalized spacial score (nSPS) is 42.5. The Bertz CT molecular complexity index is 176. The molecule has 0 radical (unpaired) electrons. The summed E-state index contributed by atoms with van der Waals surface area (Å²) in [4.78, 5) is 2.66. The maximum absolute atomic E-state index is 2.66. The predicted molar refractivity (Wildman–Crippen MR) is 52.2 cm³/mol. The van der Waals surface area contributed by atoms with E-state index in [1.165, 1.54) is 32.4 Å². The van der Waals surface area contributed by atoms with Crippen LogP contribution in [-0.4, -0.2) is 24.0 Å². The number of likely N-dealkylation sites (tertiary alicyclic amines) is 1. The summed E-state index contributed by atoms with van der Waals surface area (Å²) in [6, 6.07) is 0.759. The molecule has 2 aliphatic rings. The molecule has 0 aromatic rings. The Balaban J connectivity index is 1.96. The number of rotatable bonds is 1. The minimum absolute atomic E-state index is 0.759. The van der Waals surface area contributed by atoms with Crippen LogP contribution in [0.4, 0.5) is 0 Å². The van der Waals surface area contributed by atoms with Gasteiger partial charge in [0.15, 0.2) is 0 Å². The lowest BCUT2D eigenvalue weighted by atomic mass is 9.92. The first kappa shape index (κ1) is 8.55. The molecule has 0 aromatic heterocycles. The van der Waals surface area contributed by atoms with Crippen LogP contribution in [0.25, 0.3) is 0 Å². The molecule has 1 aliphatic heterocycles. The van der Waals surface area contributed by atoms with Gasteiger partial charge in [-0.15, -0.1) is 0 Å². The van der Waals surface area contributed by atoms with Crippen LogP contribution < -0.4 is 0 Å². The molecule has 1 heteroatoms. The smallest absolute Gasteiger partial charge is 0.00433 e. The summed E-state index contributed by atoms with van der Waals surface area (Å²) in [5, 5.41) is 0. The van der Waals surface area contributed by atoms with Crippen molar-refractivity contribution in [3.63, 3.8) is 0 Å². The first-order chi connectivity index (χ1) is 5.64. The van der Waals surface area contributed by atoms with Crippen molar-refractivity contribution in [1.82, 2.24) is 4.90 Å². The second-order valence-electron chi connectivity index (χ2n) is 5.14. The topological polar surface area (TPSA) is 3.24 Å². The molecule has 12 heavy (non-hydrogen) atoms. The Morgan fingerprint density at radius 1 is 1.42 bits per heavy atom. The molecule has 2 fully saturated rings. The van der Waals surface area contributed by atoms with E-state index in [1.807, 2.05) is 0 Å². The van der Waals surface area contributed by atoms with E-state index in [0.29, 0.717) is 0 Å². The molecule has 1 saturated heterocycles. The van der Waals surface area contributed by atoms with Gasteiger partial charge < -0.3 is 4.90 Å². The third kappa shape index (κ3) is 1.28. The van der Waals surface area contributed by atoms with Gasteiger partial charge in [-0.2, -0.15) is 0 Å². The van der Waals surface area contributed by atoms with Gasteiger partial charge in [0.25, 0.3) is 0 Å². The van der Waals surface area contributed by atoms with Crippen molar-refractivity contribution < 1.29 is 0 Å². The summed E-state index contributed by atoms with van der Waals surface area (Å²) in [5.74, 6) is 1.01. The largest absolute Gasteiger partial charge is 0.300 e. The first-order valence-corrected chi connectivity index (χ1v) is 5.38. The van der Waals surface area contributed by atoms with Gasteiger partial charge in [-0.1, -0.05) is 6.92 Å². The Morgan fingerprint density at radius 3 is 2.58 bits per heavy atom. The van der Waals surface area contributed by atoms with Gasteiger partial charge in [0.05, 0.1) is 0 Å². The minimum Gasteiger partial charge on any atom is -0.300 e. The van der Waals surface area contributed by atoms with Crippen molar-refractivity contribution in [2.45, 2.75) is 46.1 Å². The van der Waals surface area contributed by atoms with E-state index >= 15 is 0 Å². The molecule has 1 spiro atoms. The van der Waals surface area contributed by atoms with E-state index < -0.39 is 0 Å². The third-order valence-corrected chi connectivity index (χ3v) is 3.97. The molecule has 2 rings (SSSR count). The lowest BCUT2D eigenvalue weighted by Crippen LogP contribution is -2.41. The summed E-state index contributed by atoms with van der Waals surface area (Å²) in [5.41, 5.74) is 0.766. The second-order valence-corrected chi connectivity index (χ2v) is 5.14. The predicted octanol–water partition coefficient (Wildman–Crippen LogP) is 2.52. The average Bonchev–Trinajstić information content (AvgIpc) is 2.61. The van der Waals surface area contributed by atoms with E-state index in [2.05, 4.69) is 25.7 Å². The summed E-state index contributed by atoms with van der Waals surface area (Å²) in [6.07, 6.45) is 4.43. The van der Waals surface area contributed by atoms with Crippen molar-refractivity contribution >= 4 is 0 Å². The standard InChI is InChI=1S/C11H21N/c1-9(2)12-6-4-5-11(8-12)7-10(11)3/h9-10H,4-8H2,1-3H3. The highest BCUT2D eigenvalue weighted by Crippen LogP contribution is 2.57. The van der Waals surface area contributed by atoms with E-state index in [0.717, 1.165) is 17.4 Å². The van der Waals surface area contributed by atoms with Gasteiger partial charge in [-0.25, -0.2) is 0 Å².